The van der Waals surface area contributed by atoms with Gasteiger partial charge in [-0.2, -0.15) is 14.8 Å². The normalized spacial score (nSPS) is 23.2. The smallest absolute Gasteiger partial charge is 0.320 e. The molecule has 0 saturated heterocycles. The molecular formula is C15H18N6O2. The van der Waals surface area contributed by atoms with E-state index in [2.05, 4.69) is 25.7 Å². The van der Waals surface area contributed by atoms with Crippen LogP contribution in [0.2, 0.25) is 0 Å². The molecule has 0 bridgehead atoms. The molecule has 1 aromatic rings. The highest BCUT2D eigenvalue weighted by Crippen LogP contribution is 2.27. The number of aliphatic imine (C=N–C) groups is 2. The maximum Gasteiger partial charge on any atom is 0.320 e. The first-order chi connectivity index (χ1) is 11.1. The third-order valence-electron chi connectivity index (χ3n) is 4.25. The van der Waals surface area contributed by atoms with E-state index in [4.69, 9.17) is 0 Å². The highest BCUT2D eigenvalue weighted by molar-refractivity contribution is 6.17. The standard InChI is InChI=1S/C15H18N6O2/c1-8-7-12(18-15(23)16-9-5-6-9)21(20-8)14-17-11-4-2-3-10(11)13(22)19-14/h7,9-10H,2-6H2,1H3,(H2,16,18,23). The van der Waals surface area contributed by atoms with Gasteiger partial charge in [-0.05, 0) is 39.0 Å². The third-order valence-corrected chi connectivity index (χ3v) is 4.25. The van der Waals surface area contributed by atoms with Crippen molar-refractivity contribution >= 4 is 29.4 Å². The first-order valence-corrected chi connectivity index (χ1v) is 7.95. The minimum Gasteiger partial charge on any atom is -0.335 e. The van der Waals surface area contributed by atoms with Gasteiger partial charge < -0.3 is 5.32 Å². The Morgan fingerprint density at radius 3 is 2.91 bits per heavy atom. The summed E-state index contributed by atoms with van der Waals surface area (Å²) < 4.78 is 1.43. The maximum atomic E-state index is 12.1. The molecule has 0 spiro atoms. The van der Waals surface area contributed by atoms with Gasteiger partial charge in [-0.3, -0.25) is 10.1 Å². The summed E-state index contributed by atoms with van der Waals surface area (Å²) in [6.45, 7) is 1.82. The van der Waals surface area contributed by atoms with Gasteiger partial charge in [0.15, 0.2) is 0 Å². The molecule has 23 heavy (non-hydrogen) atoms. The van der Waals surface area contributed by atoms with E-state index >= 15 is 0 Å². The van der Waals surface area contributed by atoms with E-state index < -0.39 is 0 Å². The predicted molar refractivity (Wildman–Crippen MR) is 84.8 cm³/mol. The minimum absolute atomic E-state index is 0.162. The fourth-order valence-electron chi connectivity index (χ4n) is 2.96. The first kappa shape index (κ1) is 14.1. The number of carbonyl (C=O) groups excluding carboxylic acids is 2. The second-order valence-corrected chi connectivity index (χ2v) is 6.25. The van der Waals surface area contributed by atoms with E-state index in [1.807, 2.05) is 6.92 Å². The molecule has 1 atom stereocenters. The van der Waals surface area contributed by atoms with E-state index in [-0.39, 0.29) is 29.9 Å². The van der Waals surface area contributed by atoms with Crippen LogP contribution < -0.4 is 10.6 Å². The molecule has 2 N–H and O–H groups in total. The molecule has 0 aromatic carbocycles. The average Bonchev–Trinajstić information content (AvgIpc) is 3.04. The molecule has 8 nitrogen and oxygen atoms in total. The summed E-state index contributed by atoms with van der Waals surface area (Å²) in [6, 6.07) is 1.73. The Balaban J connectivity index is 1.61. The van der Waals surface area contributed by atoms with Crippen molar-refractivity contribution < 1.29 is 9.59 Å². The number of aryl methyl sites for hydroxylation is 1. The van der Waals surface area contributed by atoms with Crippen LogP contribution in [0.5, 0.6) is 0 Å². The highest BCUT2D eigenvalue weighted by Gasteiger charge is 2.33. The number of nitrogens with zero attached hydrogens (tertiary/aromatic N) is 4. The Hall–Kier alpha value is -2.51. The molecule has 0 radical (unpaired) electrons. The second kappa shape index (κ2) is 5.29. The molecule has 3 amide bonds. The van der Waals surface area contributed by atoms with Crippen molar-refractivity contribution in [2.75, 3.05) is 5.32 Å². The monoisotopic (exact) mass is 314 g/mol. The van der Waals surface area contributed by atoms with Gasteiger partial charge in [0.25, 0.3) is 11.9 Å². The van der Waals surface area contributed by atoms with Crippen molar-refractivity contribution in [2.45, 2.75) is 45.1 Å². The molecule has 4 rings (SSSR count). The Bertz CT molecular complexity index is 743. The summed E-state index contributed by atoms with van der Waals surface area (Å²) in [4.78, 5) is 32.7. The molecule has 120 valence electrons. The van der Waals surface area contributed by atoms with Gasteiger partial charge in [-0.25, -0.2) is 9.79 Å². The van der Waals surface area contributed by atoms with Crippen molar-refractivity contribution in [1.82, 2.24) is 15.1 Å². The number of aromatic nitrogens is 2. The van der Waals surface area contributed by atoms with E-state index in [0.29, 0.717) is 5.82 Å². The fourth-order valence-corrected chi connectivity index (χ4v) is 2.96. The van der Waals surface area contributed by atoms with Gasteiger partial charge in [0, 0.05) is 17.8 Å². The quantitative estimate of drug-likeness (QED) is 0.864. The molecule has 1 aliphatic heterocycles. The van der Waals surface area contributed by atoms with Crippen LogP contribution >= 0.6 is 0 Å². The summed E-state index contributed by atoms with van der Waals surface area (Å²) in [6.07, 6.45) is 4.64. The van der Waals surface area contributed by atoms with Crippen LogP contribution in [0.25, 0.3) is 0 Å². The van der Waals surface area contributed by atoms with Crippen LogP contribution in [-0.4, -0.2) is 39.4 Å². The number of fused-ring (bicyclic) bond motifs is 1. The summed E-state index contributed by atoms with van der Waals surface area (Å²) in [5.41, 5.74) is 1.59. The Morgan fingerprint density at radius 1 is 1.30 bits per heavy atom. The summed E-state index contributed by atoms with van der Waals surface area (Å²) in [5.74, 6) is 0.375. The number of nitrogens with one attached hydrogen (secondary N) is 2. The van der Waals surface area contributed by atoms with Gasteiger partial charge in [0.2, 0.25) is 0 Å². The van der Waals surface area contributed by atoms with Crippen molar-refractivity contribution in [3.63, 3.8) is 0 Å². The predicted octanol–water partition coefficient (Wildman–Crippen LogP) is 1.46. The van der Waals surface area contributed by atoms with Crippen LogP contribution in [0, 0.1) is 12.8 Å². The van der Waals surface area contributed by atoms with E-state index in [9.17, 15) is 9.59 Å². The Kier molecular flexibility index (Phi) is 3.24. The van der Waals surface area contributed by atoms with Gasteiger partial charge in [-0.15, -0.1) is 0 Å². The van der Waals surface area contributed by atoms with Crippen LogP contribution in [0.4, 0.5) is 10.6 Å². The largest absolute Gasteiger partial charge is 0.335 e. The Labute approximate surface area is 133 Å². The number of urea groups is 1. The fraction of sp³-hybridized carbons (Fsp3) is 0.533. The SMILES string of the molecule is Cc1cc(NC(=O)NC2CC2)n(C2=NC(=O)C3CCCC3=N2)n1. The summed E-state index contributed by atoms with van der Waals surface area (Å²) >= 11 is 0. The number of amides is 3. The van der Waals surface area contributed by atoms with Crippen LogP contribution in [0.15, 0.2) is 16.1 Å². The lowest BCUT2D eigenvalue weighted by molar-refractivity contribution is -0.119. The van der Waals surface area contributed by atoms with Crippen LogP contribution in [-0.2, 0) is 4.79 Å². The highest BCUT2D eigenvalue weighted by atomic mass is 16.2. The van der Waals surface area contributed by atoms with Crippen LogP contribution in [0.3, 0.4) is 0 Å². The topological polar surface area (TPSA) is 101 Å². The zero-order chi connectivity index (χ0) is 16.0. The lowest BCUT2D eigenvalue weighted by Gasteiger charge is -2.15. The number of hydrogen-bond acceptors (Lipinski definition) is 4. The van der Waals surface area contributed by atoms with E-state index in [0.717, 1.165) is 43.5 Å². The van der Waals surface area contributed by atoms with E-state index in [1.54, 1.807) is 6.07 Å². The van der Waals surface area contributed by atoms with Crippen molar-refractivity contribution in [3.8, 4) is 0 Å². The molecule has 1 aromatic heterocycles. The molecule has 2 saturated carbocycles. The zero-order valence-electron chi connectivity index (χ0n) is 12.9. The van der Waals surface area contributed by atoms with E-state index in [1.165, 1.54) is 4.68 Å². The molecule has 2 heterocycles. The molecular weight excluding hydrogens is 296 g/mol. The Morgan fingerprint density at radius 2 is 2.13 bits per heavy atom. The van der Waals surface area contributed by atoms with Crippen molar-refractivity contribution in [2.24, 2.45) is 15.9 Å². The number of rotatable bonds is 2. The van der Waals surface area contributed by atoms with Gasteiger partial charge in [0.05, 0.1) is 11.6 Å². The molecule has 2 fully saturated rings. The summed E-state index contributed by atoms with van der Waals surface area (Å²) in [5, 5.41) is 9.93. The molecule has 2 aliphatic carbocycles. The van der Waals surface area contributed by atoms with Gasteiger partial charge in [-0.1, -0.05) is 0 Å². The number of carbonyl (C=O) groups is 2. The van der Waals surface area contributed by atoms with Crippen molar-refractivity contribution in [1.29, 1.82) is 0 Å². The number of hydrogen-bond donors (Lipinski definition) is 2. The second-order valence-electron chi connectivity index (χ2n) is 6.25. The third kappa shape index (κ3) is 2.76. The zero-order valence-corrected chi connectivity index (χ0v) is 12.9. The van der Waals surface area contributed by atoms with Crippen molar-refractivity contribution in [3.05, 3.63) is 11.8 Å². The summed E-state index contributed by atoms with van der Waals surface area (Å²) in [7, 11) is 0. The molecule has 3 aliphatic rings. The molecule has 8 heteroatoms. The maximum absolute atomic E-state index is 12.1. The van der Waals surface area contributed by atoms with Gasteiger partial charge >= 0.3 is 6.03 Å². The minimum atomic E-state index is -0.275. The lowest BCUT2D eigenvalue weighted by atomic mass is 10.1. The molecule has 1 unspecified atom stereocenters. The number of anilines is 1. The first-order valence-electron chi connectivity index (χ1n) is 7.95. The van der Waals surface area contributed by atoms with Crippen LogP contribution in [0.1, 0.15) is 37.8 Å². The lowest BCUT2D eigenvalue weighted by Crippen LogP contribution is -2.33. The average molecular weight is 314 g/mol. The van der Waals surface area contributed by atoms with Gasteiger partial charge in [0.1, 0.15) is 5.82 Å².